The highest BCUT2D eigenvalue weighted by Gasteiger charge is 2.62. The molecule has 1 aliphatic carbocycles. The molecule has 1 heterocycles. The van der Waals surface area contributed by atoms with Crippen LogP contribution in [0.5, 0.6) is 0 Å². The molecule has 3 nitrogen and oxygen atoms in total. The summed E-state index contributed by atoms with van der Waals surface area (Å²) in [7, 11) is 0. The van der Waals surface area contributed by atoms with Crippen LogP contribution in [0.15, 0.2) is 0 Å². The van der Waals surface area contributed by atoms with Crippen LogP contribution in [0.4, 0.5) is 0 Å². The first-order valence-corrected chi connectivity index (χ1v) is 5.46. The molecular weight excluding hydrogens is 176 g/mol. The fourth-order valence-corrected chi connectivity index (χ4v) is 2.74. The molecule has 0 bridgehead atoms. The van der Waals surface area contributed by atoms with Crippen LogP contribution in [0.25, 0.3) is 0 Å². The maximum Gasteiger partial charge on any atom is 0.224 e. The second-order valence-corrected chi connectivity index (χ2v) is 5.51. The van der Waals surface area contributed by atoms with Gasteiger partial charge in [-0.2, -0.15) is 0 Å². The van der Waals surface area contributed by atoms with Gasteiger partial charge in [-0.3, -0.25) is 4.79 Å². The van der Waals surface area contributed by atoms with Gasteiger partial charge in [0.2, 0.25) is 5.91 Å². The van der Waals surface area contributed by atoms with E-state index in [2.05, 4.69) is 13.8 Å². The molecule has 0 aromatic heterocycles. The van der Waals surface area contributed by atoms with Gasteiger partial charge in [-0.1, -0.05) is 13.8 Å². The summed E-state index contributed by atoms with van der Waals surface area (Å²) in [5.41, 5.74) is 6.10. The molecule has 0 radical (unpaired) electrons. The van der Waals surface area contributed by atoms with E-state index in [4.69, 9.17) is 5.73 Å². The number of hydrogen-bond donors (Lipinski definition) is 1. The monoisotopic (exact) mass is 196 g/mol. The van der Waals surface area contributed by atoms with Gasteiger partial charge in [0.05, 0.1) is 0 Å². The van der Waals surface area contributed by atoms with Crippen LogP contribution in [0, 0.1) is 17.3 Å². The van der Waals surface area contributed by atoms with Crippen LogP contribution in [-0.2, 0) is 4.79 Å². The lowest BCUT2D eigenvalue weighted by Gasteiger charge is -2.22. The average molecular weight is 196 g/mol. The Bertz CT molecular complexity index is 246. The second-order valence-electron chi connectivity index (χ2n) is 5.51. The number of hydrogen-bond acceptors (Lipinski definition) is 2. The Morgan fingerprint density at radius 3 is 2.43 bits per heavy atom. The molecule has 14 heavy (non-hydrogen) atoms. The Balaban J connectivity index is 1.85. The maximum absolute atomic E-state index is 11.7. The van der Waals surface area contributed by atoms with E-state index in [1.54, 1.807) is 0 Å². The smallest absolute Gasteiger partial charge is 0.224 e. The summed E-state index contributed by atoms with van der Waals surface area (Å²) in [4.78, 5) is 13.7. The first kappa shape index (κ1) is 9.97. The summed E-state index contributed by atoms with van der Waals surface area (Å²) < 4.78 is 0. The molecule has 2 aliphatic rings. The summed E-state index contributed by atoms with van der Waals surface area (Å²) in [6.07, 6.45) is 0.500. The number of nitrogens with zero attached hydrogens (tertiary/aromatic N) is 1. The topological polar surface area (TPSA) is 46.3 Å². The molecule has 1 saturated heterocycles. The summed E-state index contributed by atoms with van der Waals surface area (Å²) in [6.45, 7) is 8.41. The molecule has 0 aromatic rings. The fraction of sp³-hybridized carbons (Fsp3) is 0.909. The van der Waals surface area contributed by atoms with Gasteiger partial charge in [0.1, 0.15) is 0 Å². The van der Waals surface area contributed by atoms with Crippen molar-refractivity contribution in [2.24, 2.45) is 23.0 Å². The van der Waals surface area contributed by atoms with Crippen molar-refractivity contribution in [2.45, 2.75) is 33.2 Å². The minimum absolute atomic E-state index is 0.00700. The van der Waals surface area contributed by atoms with Crippen LogP contribution >= 0.6 is 0 Å². The third-order valence-electron chi connectivity index (χ3n) is 3.97. The van der Waals surface area contributed by atoms with Gasteiger partial charge in [0.15, 0.2) is 0 Å². The Kier molecular flexibility index (Phi) is 2.11. The van der Waals surface area contributed by atoms with Gasteiger partial charge in [0, 0.05) is 25.6 Å². The Morgan fingerprint density at radius 1 is 1.50 bits per heavy atom. The van der Waals surface area contributed by atoms with E-state index in [9.17, 15) is 4.79 Å². The lowest BCUT2D eigenvalue weighted by molar-refractivity contribution is -0.131. The third kappa shape index (κ3) is 1.44. The average Bonchev–Trinajstić information content (AvgIpc) is 2.50. The van der Waals surface area contributed by atoms with E-state index < -0.39 is 0 Å². The number of piperidine rings is 1. The molecule has 2 rings (SSSR count). The van der Waals surface area contributed by atoms with Crippen LogP contribution in [0.1, 0.15) is 27.2 Å². The molecular formula is C11H20N2O. The summed E-state index contributed by atoms with van der Waals surface area (Å²) in [5.74, 6) is 1.74. The molecule has 2 N–H and O–H groups in total. The van der Waals surface area contributed by atoms with Crippen LogP contribution in [-0.4, -0.2) is 29.9 Å². The molecule has 2 fully saturated rings. The van der Waals surface area contributed by atoms with Crippen LogP contribution < -0.4 is 5.73 Å². The largest absolute Gasteiger partial charge is 0.342 e. The van der Waals surface area contributed by atoms with Gasteiger partial charge < -0.3 is 10.6 Å². The molecule has 0 aromatic carbocycles. The van der Waals surface area contributed by atoms with E-state index >= 15 is 0 Å². The van der Waals surface area contributed by atoms with E-state index in [-0.39, 0.29) is 11.9 Å². The van der Waals surface area contributed by atoms with Gasteiger partial charge in [-0.25, -0.2) is 0 Å². The lowest BCUT2D eigenvalue weighted by atomic mass is 10.1. The summed E-state index contributed by atoms with van der Waals surface area (Å²) in [6, 6.07) is -0.00700. The predicted octanol–water partition coefficient (Wildman–Crippen LogP) is 0.838. The number of amides is 1. The first-order valence-electron chi connectivity index (χ1n) is 5.46. The number of rotatable bonds is 2. The highest BCUT2D eigenvalue weighted by Crippen LogP contribution is 2.61. The number of carbonyl (C=O) groups is 1. The molecule has 3 heteroatoms. The van der Waals surface area contributed by atoms with Gasteiger partial charge >= 0.3 is 0 Å². The number of fused-ring (bicyclic) bond motifs is 1. The highest BCUT2D eigenvalue weighted by atomic mass is 16.2. The standard InChI is InChI=1S/C11H20N2O/c1-7(12)4-10(14)13-5-8-9(6-13)11(8,2)3/h7-9H,4-6,12H2,1-3H3. The fourth-order valence-electron chi connectivity index (χ4n) is 2.74. The van der Waals surface area contributed by atoms with Crippen molar-refractivity contribution in [3.05, 3.63) is 0 Å². The Labute approximate surface area is 85.6 Å². The zero-order valence-corrected chi connectivity index (χ0v) is 9.29. The maximum atomic E-state index is 11.7. The number of likely N-dealkylation sites (tertiary alicyclic amines) is 1. The molecule has 1 amide bonds. The molecule has 80 valence electrons. The molecule has 1 aliphatic heterocycles. The van der Waals surface area contributed by atoms with E-state index in [0.717, 1.165) is 24.9 Å². The Morgan fingerprint density at radius 2 is 2.00 bits per heavy atom. The SMILES string of the molecule is CC(N)CC(=O)N1CC2C(C1)C2(C)C. The van der Waals surface area contributed by atoms with Crippen molar-refractivity contribution in [1.82, 2.24) is 4.90 Å². The van der Waals surface area contributed by atoms with E-state index in [0.29, 0.717) is 11.8 Å². The molecule has 3 unspecified atom stereocenters. The van der Waals surface area contributed by atoms with Crippen molar-refractivity contribution in [3.8, 4) is 0 Å². The number of carbonyl (C=O) groups excluding carboxylic acids is 1. The van der Waals surface area contributed by atoms with Gasteiger partial charge in [0.25, 0.3) is 0 Å². The normalized spacial score (nSPS) is 35.3. The van der Waals surface area contributed by atoms with Crippen molar-refractivity contribution in [1.29, 1.82) is 0 Å². The van der Waals surface area contributed by atoms with E-state index in [1.165, 1.54) is 0 Å². The minimum Gasteiger partial charge on any atom is -0.342 e. The van der Waals surface area contributed by atoms with Crippen molar-refractivity contribution in [2.75, 3.05) is 13.1 Å². The molecule has 1 saturated carbocycles. The third-order valence-corrected chi connectivity index (χ3v) is 3.97. The van der Waals surface area contributed by atoms with Crippen molar-refractivity contribution in [3.63, 3.8) is 0 Å². The zero-order chi connectivity index (χ0) is 10.5. The second kappa shape index (κ2) is 2.96. The molecule has 3 atom stereocenters. The van der Waals surface area contributed by atoms with Gasteiger partial charge in [-0.05, 0) is 24.2 Å². The predicted molar refractivity (Wildman–Crippen MR) is 55.6 cm³/mol. The van der Waals surface area contributed by atoms with Crippen molar-refractivity contribution >= 4 is 5.91 Å². The number of nitrogens with two attached hydrogens (primary N) is 1. The van der Waals surface area contributed by atoms with E-state index in [1.807, 2.05) is 11.8 Å². The van der Waals surface area contributed by atoms with Crippen molar-refractivity contribution < 1.29 is 4.79 Å². The summed E-state index contributed by atoms with van der Waals surface area (Å²) in [5, 5.41) is 0. The van der Waals surface area contributed by atoms with Gasteiger partial charge in [-0.15, -0.1) is 0 Å². The molecule has 0 spiro atoms. The Hall–Kier alpha value is -0.570. The lowest BCUT2D eigenvalue weighted by Crippen LogP contribution is -2.36. The minimum atomic E-state index is -0.00700. The first-order chi connectivity index (χ1) is 6.43. The summed E-state index contributed by atoms with van der Waals surface area (Å²) >= 11 is 0. The highest BCUT2D eigenvalue weighted by molar-refractivity contribution is 5.77. The van der Waals surface area contributed by atoms with Crippen LogP contribution in [0.2, 0.25) is 0 Å². The zero-order valence-electron chi connectivity index (χ0n) is 9.29. The quantitative estimate of drug-likeness (QED) is 0.711. The van der Waals surface area contributed by atoms with Crippen LogP contribution in [0.3, 0.4) is 0 Å².